The van der Waals surface area contributed by atoms with Crippen LogP contribution >= 0.6 is 0 Å². The van der Waals surface area contributed by atoms with Gasteiger partial charge in [0.05, 0.1) is 0 Å². The number of aryl methyl sites for hydroxylation is 1. The van der Waals surface area contributed by atoms with Crippen LogP contribution in [0.2, 0.25) is 0 Å². The fraction of sp³-hybridized carbons (Fsp3) is 0.176. The van der Waals surface area contributed by atoms with Gasteiger partial charge < -0.3 is 5.32 Å². The average Bonchev–Trinajstić information content (AvgIpc) is 3.01. The largest absolute Gasteiger partial charge is 0.347 e. The lowest BCUT2D eigenvalue weighted by molar-refractivity contribution is 0.0946. The van der Waals surface area contributed by atoms with Gasteiger partial charge >= 0.3 is 0 Å². The van der Waals surface area contributed by atoms with Crippen LogP contribution in [0, 0.1) is 0 Å². The van der Waals surface area contributed by atoms with E-state index in [1.165, 1.54) is 5.39 Å². The van der Waals surface area contributed by atoms with Crippen molar-refractivity contribution in [3.05, 3.63) is 65.5 Å². The van der Waals surface area contributed by atoms with Gasteiger partial charge in [-0.15, -0.1) is 0 Å². The summed E-state index contributed by atoms with van der Waals surface area (Å²) in [5.74, 6) is -0.154. The summed E-state index contributed by atoms with van der Waals surface area (Å²) in [6, 6.07) is 16.1. The third-order valence-corrected chi connectivity index (χ3v) is 3.56. The zero-order chi connectivity index (χ0) is 14.7. The molecule has 0 aliphatic heterocycles. The van der Waals surface area contributed by atoms with Gasteiger partial charge in [0.25, 0.3) is 5.91 Å². The number of hydrogen-bond acceptors (Lipinski definition) is 2. The number of nitrogens with one attached hydrogen (secondary N) is 2. The number of aromatic amines is 1. The van der Waals surface area contributed by atoms with Crippen LogP contribution in [0.15, 0.2) is 48.5 Å². The van der Waals surface area contributed by atoms with E-state index in [1.807, 2.05) is 31.2 Å². The second kappa shape index (κ2) is 5.79. The van der Waals surface area contributed by atoms with Gasteiger partial charge in [0.1, 0.15) is 5.69 Å². The molecule has 3 rings (SSSR count). The number of aromatic nitrogens is 2. The van der Waals surface area contributed by atoms with E-state index >= 15 is 0 Å². The Morgan fingerprint density at radius 2 is 2.00 bits per heavy atom. The van der Waals surface area contributed by atoms with Crippen LogP contribution < -0.4 is 5.32 Å². The minimum absolute atomic E-state index is 0.154. The van der Waals surface area contributed by atoms with Crippen molar-refractivity contribution in [2.24, 2.45) is 0 Å². The van der Waals surface area contributed by atoms with Crippen molar-refractivity contribution in [2.75, 3.05) is 0 Å². The topological polar surface area (TPSA) is 57.8 Å². The first-order chi connectivity index (χ1) is 10.3. The Balaban J connectivity index is 1.75. The van der Waals surface area contributed by atoms with Crippen LogP contribution in [0.4, 0.5) is 0 Å². The molecule has 0 radical (unpaired) electrons. The molecule has 21 heavy (non-hydrogen) atoms. The molecule has 2 aromatic carbocycles. The molecule has 1 amide bonds. The number of nitrogens with zero attached hydrogens (tertiary/aromatic N) is 1. The van der Waals surface area contributed by atoms with E-state index in [1.54, 1.807) is 6.07 Å². The van der Waals surface area contributed by atoms with Crippen LogP contribution in [0.1, 0.15) is 28.7 Å². The van der Waals surface area contributed by atoms with Gasteiger partial charge in [0.2, 0.25) is 0 Å². The molecule has 0 aliphatic rings. The van der Waals surface area contributed by atoms with E-state index < -0.39 is 0 Å². The standard InChI is InChI=1S/C17H17N3O/c1-2-14-10-16(20-19-14)17(21)18-11-13-8-5-7-12-6-3-4-9-15(12)13/h3-10H,2,11H2,1H3,(H,18,21)(H,19,20). The predicted octanol–water partition coefficient (Wildman–Crippen LogP) is 3.06. The fourth-order valence-electron chi connectivity index (χ4n) is 2.37. The molecule has 0 spiro atoms. The number of rotatable bonds is 4. The molecule has 0 bridgehead atoms. The summed E-state index contributed by atoms with van der Waals surface area (Å²) in [5.41, 5.74) is 2.50. The summed E-state index contributed by atoms with van der Waals surface area (Å²) in [4.78, 5) is 12.1. The summed E-state index contributed by atoms with van der Waals surface area (Å²) in [6.45, 7) is 2.51. The predicted molar refractivity (Wildman–Crippen MR) is 83.1 cm³/mol. The highest BCUT2D eigenvalue weighted by atomic mass is 16.1. The van der Waals surface area contributed by atoms with Crippen LogP contribution in [0.25, 0.3) is 10.8 Å². The van der Waals surface area contributed by atoms with Crippen molar-refractivity contribution in [3.8, 4) is 0 Å². The maximum atomic E-state index is 12.1. The Labute approximate surface area is 123 Å². The normalized spacial score (nSPS) is 10.7. The van der Waals surface area contributed by atoms with Crippen molar-refractivity contribution in [3.63, 3.8) is 0 Å². The smallest absolute Gasteiger partial charge is 0.272 e. The minimum Gasteiger partial charge on any atom is -0.347 e. The maximum Gasteiger partial charge on any atom is 0.272 e. The van der Waals surface area contributed by atoms with Crippen LogP contribution in [-0.2, 0) is 13.0 Å². The number of carbonyl (C=O) groups is 1. The summed E-state index contributed by atoms with van der Waals surface area (Å²) in [5, 5.41) is 12.1. The van der Waals surface area contributed by atoms with Gasteiger partial charge in [-0.3, -0.25) is 9.89 Å². The first kappa shape index (κ1) is 13.4. The summed E-state index contributed by atoms with van der Waals surface area (Å²) < 4.78 is 0. The highest BCUT2D eigenvalue weighted by Gasteiger charge is 2.10. The molecule has 0 saturated heterocycles. The number of fused-ring (bicyclic) bond motifs is 1. The molecule has 106 valence electrons. The monoisotopic (exact) mass is 279 g/mol. The molecule has 4 heteroatoms. The Kier molecular flexibility index (Phi) is 3.69. The van der Waals surface area contributed by atoms with Gasteiger partial charge in [-0.2, -0.15) is 5.10 Å². The molecule has 0 unspecified atom stereocenters. The first-order valence-corrected chi connectivity index (χ1v) is 7.07. The molecule has 1 heterocycles. The highest BCUT2D eigenvalue weighted by Crippen LogP contribution is 2.18. The van der Waals surface area contributed by atoms with E-state index in [2.05, 4.69) is 33.7 Å². The molecular weight excluding hydrogens is 262 g/mol. The van der Waals surface area contributed by atoms with Gasteiger partial charge in [-0.1, -0.05) is 49.4 Å². The summed E-state index contributed by atoms with van der Waals surface area (Å²) in [6.07, 6.45) is 0.837. The maximum absolute atomic E-state index is 12.1. The molecule has 2 N–H and O–H groups in total. The number of hydrogen-bond donors (Lipinski definition) is 2. The van der Waals surface area contributed by atoms with Gasteiger partial charge in [0.15, 0.2) is 0 Å². The summed E-state index contributed by atoms with van der Waals surface area (Å²) in [7, 11) is 0. The van der Waals surface area contributed by atoms with Crippen molar-refractivity contribution in [1.29, 1.82) is 0 Å². The lowest BCUT2D eigenvalue weighted by Crippen LogP contribution is -2.23. The molecule has 3 aromatic rings. The lowest BCUT2D eigenvalue weighted by Gasteiger charge is -2.07. The molecular formula is C17H17N3O. The third-order valence-electron chi connectivity index (χ3n) is 3.56. The molecule has 0 aliphatic carbocycles. The quantitative estimate of drug-likeness (QED) is 0.771. The van der Waals surface area contributed by atoms with Crippen LogP contribution in [0.3, 0.4) is 0 Å². The van der Waals surface area contributed by atoms with E-state index in [-0.39, 0.29) is 5.91 Å². The Morgan fingerprint density at radius 3 is 2.81 bits per heavy atom. The number of benzene rings is 2. The Hall–Kier alpha value is -2.62. The van der Waals surface area contributed by atoms with E-state index in [4.69, 9.17) is 0 Å². The SMILES string of the molecule is CCc1cc(C(=O)NCc2cccc3ccccc23)n[nH]1. The zero-order valence-corrected chi connectivity index (χ0v) is 11.9. The van der Waals surface area contributed by atoms with Crippen LogP contribution in [-0.4, -0.2) is 16.1 Å². The van der Waals surface area contributed by atoms with Crippen molar-refractivity contribution in [1.82, 2.24) is 15.5 Å². The minimum atomic E-state index is -0.154. The molecule has 0 saturated carbocycles. The van der Waals surface area contributed by atoms with Gasteiger partial charge in [0, 0.05) is 12.2 Å². The van der Waals surface area contributed by atoms with Crippen LogP contribution in [0.5, 0.6) is 0 Å². The summed E-state index contributed by atoms with van der Waals surface area (Å²) >= 11 is 0. The number of amides is 1. The lowest BCUT2D eigenvalue weighted by atomic mass is 10.0. The van der Waals surface area contributed by atoms with Crippen molar-refractivity contribution >= 4 is 16.7 Å². The van der Waals surface area contributed by atoms with Gasteiger partial charge in [-0.05, 0) is 28.8 Å². The second-order valence-corrected chi connectivity index (χ2v) is 4.95. The Morgan fingerprint density at radius 1 is 1.19 bits per heavy atom. The molecule has 0 fully saturated rings. The fourth-order valence-corrected chi connectivity index (χ4v) is 2.37. The third kappa shape index (κ3) is 2.79. The highest BCUT2D eigenvalue weighted by molar-refractivity contribution is 5.93. The molecule has 0 atom stereocenters. The van der Waals surface area contributed by atoms with Crippen molar-refractivity contribution < 1.29 is 4.79 Å². The van der Waals surface area contributed by atoms with E-state index in [0.29, 0.717) is 12.2 Å². The van der Waals surface area contributed by atoms with Crippen molar-refractivity contribution in [2.45, 2.75) is 19.9 Å². The molecule has 1 aromatic heterocycles. The zero-order valence-electron chi connectivity index (χ0n) is 11.9. The average molecular weight is 279 g/mol. The first-order valence-electron chi connectivity index (χ1n) is 7.07. The van der Waals surface area contributed by atoms with E-state index in [0.717, 1.165) is 23.1 Å². The Bertz CT molecular complexity index is 771. The number of H-pyrrole nitrogens is 1. The second-order valence-electron chi connectivity index (χ2n) is 4.95. The van der Waals surface area contributed by atoms with E-state index in [9.17, 15) is 4.79 Å². The number of carbonyl (C=O) groups excluding carboxylic acids is 1. The van der Waals surface area contributed by atoms with Gasteiger partial charge in [-0.25, -0.2) is 0 Å². The molecule has 4 nitrogen and oxygen atoms in total.